The summed E-state index contributed by atoms with van der Waals surface area (Å²) >= 11 is 1.12. The van der Waals surface area contributed by atoms with E-state index in [1.165, 1.54) is 6.33 Å². The maximum atomic E-state index is 11.1. The summed E-state index contributed by atoms with van der Waals surface area (Å²) in [6.07, 6.45) is 1.38. The zero-order chi connectivity index (χ0) is 10.2. The number of hydrogen-bond donors (Lipinski definition) is 1. The van der Waals surface area contributed by atoms with Crippen molar-refractivity contribution < 1.29 is 14.3 Å². The fourth-order valence-electron chi connectivity index (χ4n) is 0.691. The van der Waals surface area contributed by atoms with Crippen LogP contribution in [0.15, 0.2) is 6.33 Å². The first-order valence-electron chi connectivity index (χ1n) is 3.96. The zero-order valence-corrected chi connectivity index (χ0v) is 8.54. The Bertz CT molecular complexity index is 265. The molecule has 0 aromatic carbocycles. The van der Waals surface area contributed by atoms with E-state index < -0.39 is 0 Å². The lowest BCUT2D eigenvalue weighted by Crippen LogP contribution is -2.19. The molecule has 0 aliphatic carbocycles. The van der Waals surface area contributed by atoms with Crippen molar-refractivity contribution >= 4 is 22.6 Å². The Labute approximate surface area is 85.4 Å². The van der Waals surface area contributed by atoms with E-state index >= 15 is 0 Å². The smallest absolute Gasteiger partial charge is 0.252 e. The van der Waals surface area contributed by atoms with E-state index in [4.69, 9.17) is 9.47 Å². The number of carbonyl (C=O) groups excluding carboxylic acids is 1. The van der Waals surface area contributed by atoms with E-state index in [1.807, 2.05) is 0 Å². The molecule has 0 atom stereocenters. The number of nitrogens with zero attached hydrogens (tertiary/aromatic N) is 2. The highest BCUT2D eigenvalue weighted by Gasteiger charge is 2.03. The van der Waals surface area contributed by atoms with E-state index in [1.54, 1.807) is 7.11 Å². The molecule has 1 N–H and O–H groups in total. The van der Waals surface area contributed by atoms with Gasteiger partial charge in [-0.05, 0) is 0 Å². The molecule has 1 aromatic heterocycles. The molecule has 0 saturated carbocycles. The Morgan fingerprint density at radius 2 is 2.50 bits per heavy atom. The van der Waals surface area contributed by atoms with Crippen molar-refractivity contribution in [2.45, 2.75) is 0 Å². The number of hydrogen-bond acceptors (Lipinski definition) is 6. The van der Waals surface area contributed by atoms with Crippen LogP contribution < -0.4 is 5.32 Å². The quantitative estimate of drug-likeness (QED) is 0.686. The molecule has 14 heavy (non-hydrogen) atoms. The Kier molecular flexibility index (Phi) is 5.05. The molecular weight excluding hydrogens is 206 g/mol. The molecule has 1 heterocycles. The van der Waals surface area contributed by atoms with Crippen molar-refractivity contribution in [2.75, 3.05) is 32.2 Å². The van der Waals surface area contributed by atoms with E-state index in [0.717, 1.165) is 11.5 Å². The lowest BCUT2D eigenvalue weighted by atomic mass is 10.6. The molecule has 0 aliphatic rings. The average molecular weight is 217 g/mol. The summed E-state index contributed by atoms with van der Waals surface area (Å²) in [4.78, 5) is 14.9. The molecule has 0 spiro atoms. The van der Waals surface area contributed by atoms with Gasteiger partial charge in [-0.2, -0.15) is 4.37 Å². The summed E-state index contributed by atoms with van der Waals surface area (Å²) in [5.41, 5.74) is 0. The maximum Gasteiger partial charge on any atom is 0.252 e. The van der Waals surface area contributed by atoms with Gasteiger partial charge >= 0.3 is 0 Å². The number of ether oxygens (including phenoxy) is 2. The van der Waals surface area contributed by atoms with Crippen molar-refractivity contribution in [2.24, 2.45) is 0 Å². The fourth-order valence-corrected chi connectivity index (χ4v) is 1.14. The van der Waals surface area contributed by atoms with Crippen LogP contribution in [0.2, 0.25) is 0 Å². The molecule has 1 rings (SSSR count). The standard InChI is InChI=1S/C7H11N3O3S/c1-12-2-3-13-4-6(11)10-7-8-5-9-14-7/h5H,2-4H2,1H3,(H,8,9,10,11). The Morgan fingerprint density at radius 3 is 3.14 bits per heavy atom. The summed E-state index contributed by atoms with van der Waals surface area (Å²) in [6.45, 7) is 0.884. The predicted octanol–water partition coefficient (Wildman–Crippen LogP) is 0.140. The molecule has 0 radical (unpaired) electrons. The molecule has 0 unspecified atom stereocenters. The number of rotatable bonds is 6. The second-order valence-corrected chi connectivity index (χ2v) is 3.12. The summed E-state index contributed by atoms with van der Waals surface area (Å²) in [7, 11) is 1.57. The van der Waals surface area contributed by atoms with Crippen molar-refractivity contribution in [1.29, 1.82) is 0 Å². The molecule has 0 fully saturated rings. The summed E-state index contributed by atoms with van der Waals surface area (Å²) < 4.78 is 13.5. The first-order valence-corrected chi connectivity index (χ1v) is 4.73. The Morgan fingerprint density at radius 1 is 1.64 bits per heavy atom. The van der Waals surface area contributed by atoms with Gasteiger partial charge in [-0.1, -0.05) is 0 Å². The van der Waals surface area contributed by atoms with Gasteiger partial charge in [0.25, 0.3) is 5.91 Å². The highest BCUT2D eigenvalue weighted by Crippen LogP contribution is 2.05. The van der Waals surface area contributed by atoms with Crippen LogP contribution in [-0.4, -0.2) is 42.2 Å². The molecule has 0 saturated heterocycles. The highest BCUT2D eigenvalue weighted by atomic mass is 32.1. The van der Waals surface area contributed by atoms with E-state index in [0.29, 0.717) is 18.3 Å². The molecule has 1 aromatic rings. The van der Waals surface area contributed by atoms with Gasteiger partial charge in [-0.25, -0.2) is 4.98 Å². The largest absolute Gasteiger partial charge is 0.382 e. The topological polar surface area (TPSA) is 73.3 Å². The van der Waals surface area contributed by atoms with Crippen LogP contribution >= 0.6 is 11.5 Å². The van der Waals surface area contributed by atoms with Crippen LogP contribution in [0.5, 0.6) is 0 Å². The molecule has 7 heteroatoms. The van der Waals surface area contributed by atoms with Crippen molar-refractivity contribution in [1.82, 2.24) is 9.36 Å². The average Bonchev–Trinajstić information content (AvgIpc) is 2.65. The van der Waals surface area contributed by atoms with Gasteiger partial charge in [0, 0.05) is 18.6 Å². The minimum atomic E-state index is -0.238. The molecule has 0 bridgehead atoms. The second kappa shape index (κ2) is 6.41. The Balaban J connectivity index is 2.11. The summed E-state index contributed by atoms with van der Waals surface area (Å²) in [5.74, 6) is -0.238. The van der Waals surface area contributed by atoms with Gasteiger partial charge in [0.2, 0.25) is 5.13 Å². The number of nitrogens with one attached hydrogen (secondary N) is 1. The van der Waals surface area contributed by atoms with Crippen LogP contribution in [0.4, 0.5) is 5.13 Å². The van der Waals surface area contributed by atoms with Gasteiger partial charge in [0.15, 0.2) is 0 Å². The molecule has 0 aliphatic heterocycles. The van der Waals surface area contributed by atoms with Crippen LogP contribution in [0.1, 0.15) is 0 Å². The SMILES string of the molecule is COCCOCC(=O)Nc1ncns1. The zero-order valence-electron chi connectivity index (χ0n) is 7.73. The lowest BCUT2D eigenvalue weighted by Gasteiger charge is -2.02. The van der Waals surface area contributed by atoms with Crippen LogP contribution in [-0.2, 0) is 14.3 Å². The van der Waals surface area contributed by atoms with Crippen LogP contribution in [0, 0.1) is 0 Å². The number of amides is 1. The van der Waals surface area contributed by atoms with Gasteiger partial charge < -0.3 is 9.47 Å². The normalized spacial score (nSPS) is 10.1. The molecular formula is C7H11N3O3S. The second-order valence-electron chi connectivity index (χ2n) is 2.34. The number of methoxy groups -OCH3 is 1. The number of carbonyl (C=O) groups is 1. The van der Waals surface area contributed by atoms with E-state index in [-0.39, 0.29) is 12.5 Å². The van der Waals surface area contributed by atoms with Gasteiger partial charge in [0.1, 0.15) is 12.9 Å². The first-order chi connectivity index (χ1) is 6.83. The first kappa shape index (κ1) is 11.0. The van der Waals surface area contributed by atoms with Crippen molar-refractivity contribution in [3.05, 3.63) is 6.33 Å². The molecule has 6 nitrogen and oxygen atoms in total. The predicted molar refractivity (Wildman–Crippen MR) is 51.2 cm³/mol. The lowest BCUT2D eigenvalue weighted by molar-refractivity contribution is -0.121. The third kappa shape index (κ3) is 4.26. The van der Waals surface area contributed by atoms with Gasteiger partial charge in [0.05, 0.1) is 13.2 Å². The van der Waals surface area contributed by atoms with Gasteiger partial charge in [-0.15, -0.1) is 0 Å². The van der Waals surface area contributed by atoms with E-state index in [9.17, 15) is 4.79 Å². The summed E-state index contributed by atoms with van der Waals surface area (Å²) in [6, 6.07) is 0. The fraction of sp³-hybridized carbons (Fsp3) is 0.571. The molecule has 1 amide bonds. The minimum Gasteiger partial charge on any atom is -0.382 e. The molecule has 78 valence electrons. The van der Waals surface area contributed by atoms with Gasteiger partial charge in [-0.3, -0.25) is 10.1 Å². The van der Waals surface area contributed by atoms with Crippen LogP contribution in [0.25, 0.3) is 0 Å². The summed E-state index contributed by atoms with van der Waals surface area (Å²) in [5, 5.41) is 3.02. The third-order valence-corrected chi connectivity index (χ3v) is 1.85. The third-order valence-electron chi connectivity index (χ3n) is 1.27. The van der Waals surface area contributed by atoms with Crippen molar-refractivity contribution in [3.63, 3.8) is 0 Å². The highest BCUT2D eigenvalue weighted by molar-refractivity contribution is 7.09. The number of aromatic nitrogens is 2. The monoisotopic (exact) mass is 217 g/mol. The number of anilines is 1. The minimum absolute atomic E-state index is 0.00292. The Hall–Kier alpha value is -1.05. The van der Waals surface area contributed by atoms with E-state index in [2.05, 4.69) is 14.7 Å². The maximum absolute atomic E-state index is 11.1. The van der Waals surface area contributed by atoms with Crippen molar-refractivity contribution in [3.8, 4) is 0 Å². The van der Waals surface area contributed by atoms with Crippen LogP contribution in [0.3, 0.4) is 0 Å².